The summed E-state index contributed by atoms with van der Waals surface area (Å²) in [5.74, 6) is -0.525. The summed E-state index contributed by atoms with van der Waals surface area (Å²) in [7, 11) is 0. The van der Waals surface area contributed by atoms with E-state index in [0.29, 0.717) is 5.65 Å². The van der Waals surface area contributed by atoms with Crippen LogP contribution in [0.3, 0.4) is 0 Å². The second-order valence-corrected chi connectivity index (χ2v) is 5.62. The molecule has 0 N–H and O–H groups in total. The van der Waals surface area contributed by atoms with Crippen LogP contribution < -0.4 is 0 Å². The molecule has 0 aliphatic carbocycles. The van der Waals surface area contributed by atoms with E-state index in [9.17, 15) is 8.78 Å². The van der Waals surface area contributed by atoms with Gasteiger partial charge in [-0.1, -0.05) is 5.16 Å². The van der Waals surface area contributed by atoms with Crippen LogP contribution >= 0.6 is 0 Å². The number of halogens is 2. The molecule has 0 spiro atoms. The molecule has 0 radical (unpaired) electrons. The number of benzene rings is 1. The summed E-state index contributed by atoms with van der Waals surface area (Å²) in [6.07, 6.45) is 3.41. The third kappa shape index (κ3) is 2.19. The Bertz CT molecular complexity index is 1050. The lowest BCUT2D eigenvalue weighted by molar-refractivity contribution is 0.393. The minimum atomic E-state index is -0.635. The lowest BCUT2D eigenvalue weighted by Gasteiger charge is -2.07. The van der Waals surface area contributed by atoms with Crippen molar-refractivity contribution in [2.24, 2.45) is 0 Å². The average Bonchev–Trinajstić information content (AvgIpc) is 3.10. The largest absolute Gasteiger partial charge is 0.361 e. The van der Waals surface area contributed by atoms with Crippen molar-refractivity contribution < 1.29 is 13.3 Å². The van der Waals surface area contributed by atoms with E-state index in [4.69, 9.17) is 4.52 Å². The van der Waals surface area contributed by atoms with Gasteiger partial charge in [0, 0.05) is 35.0 Å². The minimum absolute atomic E-state index is 0.254. The Labute approximate surface area is 136 Å². The Balaban J connectivity index is 1.87. The van der Waals surface area contributed by atoms with Gasteiger partial charge in [-0.25, -0.2) is 13.8 Å². The van der Waals surface area contributed by atoms with Gasteiger partial charge in [0.15, 0.2) is 0 Å². The van der Waals surface area contributed by atoms with Crippen molar-refractivity contribution in [1.82, 2.24) is 14.7 Å². The summed E-state index contributed by atoms with van der Waals surface area (Å²) in [4.78, 5) is 4.45. The van der Waals surface area contributed by atoms with Crippen molar-refractivity contribution in [2.75, 3.05) is 0 Å². The van der Waals surface area contributed by atoms with E-state index >= 15 is 0 Å². The highest BCUT2D eigenvalue weighted by atomic mass is 19.1. The second kappa shape index (κ2) is 5.26. The fourth-order valence-corrected chi connectivity index (χ4v) is 2.93. The first-order valence-corrected chi connectivity index (χ1v) is 7.40. The number of aromatic nitrogens is 3. The molecule has 0 unspecified atom stereocenters. The summed E-state index contributed by atoms with van der Waals surface area (Å²) in [6, 6.07) is 7.27. The van der Waals surface area contributed by atoms with E-state index in [0.717, 1.165) is 34.0 Å². The van der Waals surface area contributed by atoms with Crippen LogP contribution in [0.5, 0.6) is 0 Å². The standard InChI is InChI=1S/C18H13F2N3O/c1-10-17(11(2)24-22-10)13-7-12-5-6-23(18(12)21-9-13)16-4-3-14(19)8-15(16)20/h3-9H,1-2H3. The van der Waals surface area contributed by atoms with Gasteiger partial charge < -0.3 is 4.52 Å². The monoisotopic (exact) mass is 325 g/mol. The molecule has 0 bridgehead atoms. The van der Waals surface area contributed by atoms with Crippen LogP contribution in [0.1, 0.15) is 11.5 Å². The Kier molecular flexibility index (Phi) is 3.19. The number of hydrogen-bond donors (Lipinski definition) is 0. The molecule has 4 rings (SSSR count). The molecule has 0 fully saturated rings. The van der Waals surface area contributed by atoms with E-state index in [1.807, 2.05) is 26.0 Å². The van der Waals surface area contributed by atoms with Gasteiger partial charge in [0.2, 0.25) is 0 Å². The lowest BCUT2D eigenvalue weighted by atomic mass is 10.1. The van der Waals surface area contributed by atoms with Crippen LogP contribution in [0.25, 0.3) is 27.8 Å². The van der Waals surface area contributed by atoms with Gasteiger partial charge in [-0.3, -0.25) is 4.57 Å². The number of rotatable bonds is 2. The van der Waals surface area contributed by atoms with Crippen LogP contribution in [-0.4, -0.2) is 14.7 Å². The number of aryl methyl sites for hydroxylation is 2. The molecule has 24 heavy (non-hydrogen) atoms. The molecule has 120 valence electrons. The highest BCUT2D eigenvalue weighted by molar-refractivity contribution is 5.84. The third-order valence-electron chi connectivity index (χ3n) is 4.02. The van der Waals surface area contributed by atoms with E-state index in [-0.39, 0.29) is 5.69 Å². The van der Waals surface area contributed by atoms with Crippen molar-refractivity contribution in [3.8, 4) is 16.8 Å². The van der Waals surface area contributed by atoms with Gasteiger partial charge >= 0.3 is 0 Å². The zero-order valence-electron chi connectivity index (χ0n) is 13.0. The van der Waals surface area contributed by atoms with Crippen LogP contribution in [0, 0.1) is 25.5 Å². The highest BCUT2D eigenvalue weighted by Crippen LogP contribution is 2.30. The first-order chi connectivity index (χ1) is 11.5. The van der Waals surface area contributed by atoms with Crippen LogP contribution in [-0.2, 0) is 0 Å². The molecular weight excluding hydrogens is 312 g/mol. The fraction of sp³-hybridized carbons (Fsp3) is 0.111. The van der Waals surface area contributed by atoms with E-state index < -0.39 is 11.6 Å². The molecule has 3 heterocycles. The molecule has 6 heteroatoms. The molecule has 0 saturated carbocycles. The predicted molar refractivity (Wildman–Crippen MR) is 86.0 cm³/mol. The molecule has 0 aliphatic rings. The molecule has 0 aliphatic heterocycles. The van der Waals surface area contributed by atoms with Crippen molar-refractivity contribution in [3.63, 3.8) is 0 Å². The molecule has 1 aromatic carbocycles. The number of hydrogen-bond acceptors (Lipinski definition) is 3. The van der Waals surface area contributed by atoms with Gasteiger partial charge in [-0.2, -0.15) is 0 Å². The Morgan fingerprint density at radius 1 is 1.08 bits per heavy atom. The molecule has 0 atom stereocenters. The number of fused-ring (bicyclic) bond motifs is 1. The highest BCUT2D eigenvalue weighted by Gasteiger charge is 2.15. The zero-order chi connectivity index (χ0) is 16.8. The van der Waals surface area contributed by atoms with E-state index in [1.165, 1.54) is 12.1 Å². The van der Waals surface area contributed by atoms with Crippen molar-refractivity contribution in [2.45, 2.75) is 13.8 Å². The molecule has 3 aromatic heterocycles. The number of pyridine rings is 1. The fourth-order valence-electron chi connectivity index (χ4n) is 2.93. The molecule has 4 aromatic rings. The Hall–Kier alpha value is -3.02. The first kappa shape index (κ1) is 14.6. The minimum Gasteiger partial charge on any atom is -0.361 e. The van der Waals surface area contributed by atoms with Gasteiger partial charge in [0.25, 0.3) is 0 Å². The van der Waals surface area contributed by atoms with E-state index in [1.54, 1.807) is 17.0 Å². The number of nitrogens with zero attached hydrogens (tertiary/aromatic N) is 3. The van der Waals surface area contributed by atoms with Gasteiger partial charge in [0.05, 0.1) is 11.4 Å². The Morgan fingerprint density at radius 2 is 1.92 bits per heavy atom. The normalized spacial score (nSPS) is 11.3. The third-order valence-corrected chi connectivity index (χ3v) is 4.02. The Morgan fingerprint density at radius 3 is 2.62 bits per heavy atom. The first-order valence-electron chi connectivity index (χ1n) is 7.40. The van der Waals surface area contributed by atoms with Gasteiger partial charge in [-0.05, 0) is 38.1 Å². The van der Waals surface area contributed by atoms with Gasteiger partial charge in [0.1, 0.15) is 23.0 Å². The van der Waals surface area contributed by atoms with Crippen molar-refractivity contribution >= 4 is 11.0 Å². The summed E-state index contributed by atoms with van der Waals surface area (Å²) < 4.78 is 33.9. The summed E-state index contributed by atoms with van der Waals surface area (Å²) >= 11 is 0. The second-order valence-electron chi connectivity index (χ2n) is 5.62. The molecule has 4 nitrogen and oxygen atoms in total. The van der Waals surface area contributed by atoms with Crippen LogP contribution in [0.15, 0.2) is 47.2 Å². The predicted octanol–water partition coefficient (Wildman–Crippen LogP) is 4.58. The maximum Gasteiger partial charge on any atom is 0.150 e. The van der Waals surface area contributed by atoms with Crippen LogP contribution in [0.2, 0.25) is 0 Å². The van der Waals surface area contributed by atoms with Gasteiger partial charge in [-0.15, -0.1) is 0 Å². The summed E-state index contributed by atoms with van der Waals surface area (Å²) in [6.45, 7) is 3.72. The van der Waals surface area contributed by atoms with Crippen molar-refractivity contribution in [1.29, 1.82) is 0 Å². The van der Waals surface area contributed by atoms with Crippen LogP contribution in [0.4, 0.5) is 8.78 Å². The quantitative estimate of drug-likeness (QED) is 0.542. The summed E-state index contributed by atoms with van der Waals surface area (Å²) in [5, 5.41) is 4.80. The van der Waals surface area contributed by atoms with E-state index in [2.05, 4.69) is 10.1 Å². The maximum atomic E-state index is 14.0. The van der Waals surface area contributed by atoms with Crippen molar-refractivity contribution in [3.05, 3.63) is 65.8 Å². The molecular formula is C18H13F2N3O. The zero-order valence-corrected chi connectivity index (χ0v) is 13.0. The SMILES string of the molecule is Cc1noc(C)c1-c1cnc2c(ccn2-c2ccc(F)cc2F)c1. The maximum absolute atomic E-state index is 14.0. The average molecular weight is 325 g/mol. The molecule has 0 saturated heterocycles. The smallest absolute Gasteiger partial charge is 0.150 e. The summed E-state index contributed by atoms with van der Waals surface area (Å²) in [5.41, 5.74) is 3.43. The molecule has 0 amide bonds. The lowest BCUT2D eigenvalue weighted by Crippen LogP contribution is -1.98. The topological polar surface area (TPSA) is 43.9 Å².